The molecule has 3 rings (SSSR count). The fourth-order valence-electron chi connectivity index (χ4n) is 1.78. The van der Waals surface area contributed by atoms with Crippen LogP contribution in [-0.4, -0.2) is 27.8 Å². The Hall–Kier alpha value is -0.940. The van der Waals surface area contributed by atoms with E-state index in [9.17, 15) is 0 Å². The highest BCUT2D eigenvalue weighted by atomic mass is 32.1. The summed E-state index contributed by atoms with van der Waals surface area (Å²) in [5.41, 5.74) is 1.13. The van der Waals surface area contributed by atoms with Gasteiger partial charge in [0.2, 0.25) is 4.96 Å². The van der Waals surface area contributed by atoms with Crippen molar-refractivity contribution in [3.05, 3.63) is 16.9 Å². The molecule has 0 radical (unpaired) electrons. The van der Waals surface area contributed by atoms with E-state index < -0.39 is 0 Å². The Labute approximate surface area is 85.5 Å². The topological polar surface area (TPSA) is 39.4 Å². The van der Waals surface area contributed by atoms with Crippen LogP contribution < -0.4 is 0 Å². The van der Waals surface area contributed by atoms with Gasteiger partial charge in [0.05, 0.1) is 18.5 Å². The Kier molecular flexibility index (Phi) is 1.81. The van der Waals surface area contributed by atoms with Crippen molar-refractivity contribution in [2.75, 3.05) is 13.2 Å². The first-order chi connectivity index (χ1) is 6.83. The largest absolute Gasteiger partial charge is 0.381 e. The number of hydrogen-bond acceptors (Lipinski definition) is 4. The maximum absolute atomic E-state index is 5.34. The summed E-state index contributed by atoms with van der Waals surface area (Å²) < 4.78 is 7.21. The second-order valence-electron chi connectivity index (χ2n) is 3.57. The maximum atomic E-state index is 5.34. The average molecular weight is 209 g/mol. The summed E-state index contributed by atoms with van der Waals surface area (Å²) in [5.74, 6) is 0.476. The summed E-state index contributed by atoms with van der Waals surface area (Å²) in [6, 6.07) is 0. The molecule has 0 spiro atoms. The Morgan fingerprint density at radius 2 is 2.57 bits per heavy atom. The predicted molar refractivity (Wildman–Crippen MR) is 53.8 cm³/mol. The number of aromatic nitrogens is 3. The third-order valence-electron chi connectivity index (χ3n) is 2.51. The smallest absolute Gasteiger partial charge is 0.212 e. The molecule has 0 aromatic carbocycles. The van der Waals surface area contributed by atoms with Crippen LogP contribution in [-0.2, 0) is 4.74 Å². The molecular formula is C9H11N3OS. The zero-order chi connectivity index (χ0) is 9.54. The number of rotatable bonds is 1. The first kappa shape index (κ1) is 8.38. The van der Waals surface area contributed by atoms with Gasteiger partial charge in [-0.3, -0.25) is 0 Å². The van der Waals surface area contributed by atoms with Crippen molar-refractivity contribution in [1.82, 2.24) is 14.6 Å². The highest BCUT2D eigenvalue weighted by Gasteiger charge is 2.21. The molecule has 2 aromatic rings. The predicted octanol–water partition coefficient (Wildman–Crippen LogP) is 1.60. The minimum Gasteiger partial charge on any atom is -0.381 e. The lowest BCUT2D eigenvalue weighted by Gasteiger charge is -2.00. The molecule has 1 fully saturated rings. The normalized spacial score (nSPS) is 22.2. The van der Waals surface area contributed by atoms with E-state index in [0.717, 1.165) is 35.3 Å². The van der Waals surface area contributed by atoms with Crippen LogP contribution in [0.15, 0.2) is 6.20 Å². The van der Waals surface area contributed by atoms with E-state index in [-0.39, 0.29) is 0 Å². The van der Waals surface area contributed by atoms with Crippen LogP contribution in [0.4, 0.5) is 0 Å². The standard InChI is InChI=1S/C9H11N3OS/c1-6-11-12-4-8(10-9(12)14-6)7-2-3-13-5-7/h4,7H,2-3,5H2,1H3. The summed E-state index contributed by atoms with van der Waals surface area (Å²) in [7, 11) is 0. The second kappa shape index (κ2) is 3.03. The van der Waals surface area contributed by atoms with Gasteiger partial charge in [-0.15, -0.1) is 0 Å². The molecule has 1 unspecified atom stereocenters. The lowest BCUT2D eigenvalue weighted by molar-refractivity contribution is 0.193. The van der Waals surface area contributed by atoms with E-state index in [2.05, 4.69) is 10.1 Å². The molecule has 2 aromatic heterocycles. The zero-order valence-electron chi connectivity index (χ0n) is 7.93. The quantitative estimate of drug-likeness (QED) is 0.716. The van der Waals surface area contributed by atoms with Gasteiger partial charge in [0, 0.05) is 12.5 Å². The highest BCUT2D eigenvalue weighted by molar-refractivity contribution is 7.16. The molecule has 1 saturated heterocycles. The van der Waals surface area contributed by atoms with E-state index in [0.29, 0.717) is 5.92 Å². The van der Waals surface area contributed by atoms with Crippen molar-refractivity contribution in [3.8, 4) is 0 Å². The van der Waals surface area contributed by atoms with E-state index in [1.165, 1.54) is 0 Å². The van der Waals surface area contributed by atoms with Gasteiger partial charge in [-0.25, -0.2) is 9.50 Å². The molecule has 0 saturated carbocycles. The van der Waals surface area contributed by atoms with Gasteiger partial charge in [0.15, 0.2) is 0 Å². The number of nitrogens with zero attached hydrogens (tertiary/aromatic N) is 3. The molecule has 0 bridgehead atoms. The van der Waals surface area contributed by atoms with Gasteiger partial charge < -0.3 is 4.74 Å². The monoisotopic (exact) mass is 209 g/mol. The molecule has 0 N–H and O–H groups in total. The molecule has 0 aliphatic carbocycles. The van der Waals surface area contributed by atoms with E-state index in [4.69, 9.17) is 4.74 Å². The molecule has 1 atom stereocenters. The SMILES string of the molecule is Cc1nn2cc(C3CCOC3)nc2s1. The minimum atomic E-state index is 0.476. The van der Waals surface area contributed by atoms with Crippen molar-refractivity contribution in [2.45, 2.75) is 19.3 Å². The van der Waals surface area contributed by atoms with Crippen LogP contribution in [0.1, 0.15) is 23.0 Å². The molecule has 74 valence electrons. The van der Waals surface area contributed by atoms with Gasteiger partial charge in [0.25, 0.3) is 0 Å². The molecule has 0 amide bonds. The van der Waals surface area contributed by atoms with Gasteiger partial charge in [0.1, 0.15) is 5.01 Å². The van der Waals surface area contributed by atoms with Crippen molar-refractivity contribution in [2.24, 2.45) is 0 Å². The van der Waals surface area contributed by atoms with E-state index >= 15 is 0 Å². The first-order valence-corrected chi connectivity index (χ1v) is 5.55. The van der Waals surface area contributed by atoms with Crippen molar-refractivity contribution in [3.63, 3.8) is 0 Å². The fraction of sp³-hybridized carbons (Fsp3) is 0.556. The molecule has 4 nitrogen and oxygen atoms in total. The Balaban J connectivity index is 2.01. The summed E-state index contributed by atoms with van der Waals surface area (Å²) in [6.45, 7) is 3.67. The lowest BCUT2D eigenvalue weighted by Crippen LogP contribution is -1.97. The maximum Gasteiger partial charge on any atom is 0.212 e. The number of ether oxygens (including phenoxy) is 1. The van der Waals surface area contributed by atoms with E-state index in [1.807, 2.05) is 17.6 Å². The summed E-state index contributed by atoms with van der Waals surface area (Å²) in [5, 5.41) is 5.39. The lowest BCUT2D eigenvalue weighted by atomic mass is 10.1. The minimum absolute atomic E-state index is 0.476. The summed E-state index contributed by atoms with van der Waals surface area (Å²) >= 11 is 1.63. The van der Waals surface area contributed by atoms with Crippen LogP contribution in [0.2, 0.25) is 0 Å². The molecule has 5 heteroatoms. The molecule has 1 aliphatic heterocycles. The highest BCUT2D eigenvalue weighted by Crippen LogP contribution is 2.25. The number of hydrogen-bond donors (Lipinski definition) is 0. The third-order valence-corrected chi connectivity index (χ3v) is 3.35. The van der Waals surface area contributed by atoms with Crippen LogP contribution in [0, 0.1) is 6.92 Å². The summed E-state index contributed by atoms with van der Waals surface area (Å²) in [4.78, 5) is 5.54. The van der Waals surface area contributed by atoms with E-state index in [1.54, 1.807) is 11.3 Å². The van der Waals surface area contributed by atoms with Gasteiger partial charge >= 0.3 is 0 Å². The van der Waals surface area contributed by atoms with Crippen molar-refractivity contribution < 1.29 is 4.74 Å². The molecular weight excluding hydrogens is 198 g/mol. The molecule has 3 heterocycles. The van der Waals surface area contributed by atoms with Crippen molar-refractivity contribution in [1.29, 1.82) is 0 Å². The van der Waals surface area contributed by atoms with Crippen LogP contribution >= 0.6 is 11.3 Å². The third kappa shape index (κ3) is 1.24. The molecule has 14 heavy (non-hydrogen) atoms. The number of aryl methyl sites for hydroxylation is 1. The Morgan fingerprint density at radius 1 is 1.64 bits per heavy atom. The Bertz CT molecular complexity index is 424. The summed E-state index contributed by atoms with van der Waals surface area (Å²) in [6.07, 6.45) is 3.11. The molecule has 1 aliphatic rings. The Morgan fingerprint density at radius 3 is 3.29 bits per heavy atom. The first-order valence-electron chi connectivity index (χ1n) is 4.73. The van der Waals surface area contributed by atoms with Gasteiger partial charge in [-0.05, 0) is 13.3 Å². The van der Waals surface area contributed by atoms with Gasteiger partial charge in [-0.2, -0.15) is 5.10 Å². The van der Waals surface area contributed by atoms with Gasteiger partial charge in [-0.1, -0.05) is 11.3 Å². The van der Waals surface area contributed by atoms with Crippen molar-refractivity contribution >= 4 is 16.3 Å². The van der Waals surface area contributed by atoms with Crippen LogP contribution in [0.25, 0.3) is 4.96 Å². The fourth-order valence-corrected chi connectivity index (χ4v) is 2.51. The van der Waals surface area contributed by atoms with Crippen LogP contribution in [0.3, 0.4) is 0 Å². The zero-order valence-corrected chi connectivity index (χ0v) is 8.75. The van der Waals surface area contributed by atoms with Crippen LogP contribution in [0.5, 0.6) is 0 Å². The number of imidazole rings is 1. The number of fused-ring (bicyclic) bond motifs is 1. The average Bonchev–Trinajstić information content (AvgIpc) is 2.74. The second-order valence-corrected chi connectivity index (χ2v) is 4.73.